The summed E-state index contributed by atoms with van der Waals surface area (Å²) in [6, 6.07) is 0. The minimum atomic E-state index is 0.0714. The van der Waals surface area contributed by atoms with Crippen LogP contribution in [0.25, 0.3) is 0 Å². The van der Waals surface area contributed by atoms with Gasteiger partial charge in [0.25, 0.3) is 0 Å². The SMILES string of the molecule is CC1(C)CC1(C=O)CC1CCCC1. The van der Waals surface area contributed by atoms with Crippen LogP contribution in [0.2, 0.25) is 0 Å². The molecule has 0 N–H and O–H groups in total. The van der Waals surface area contributed by atoms with Crippen LogP contribution in [0.3, 0.4) is 0 Å². The van der Waals surface area contributed by atoms with Crippen molar-refractivity contribution in [3.05, 3.63) is 0 Å². The first-order valence-electron chi connectivity index (χ1n) is 5.56. The number of carbonyl (C=O) groups excluding carboxylic acids is 1. The molecule has 1 nitrogen and oxygen atoms in total. The van der Waals surface area contributed by atoms with Crippen LogP contribution < -0.4 is 0 Å². The Morgan fingerprint density at radius 3 is 2.23 bits per heavy atom. The third-order valence-corrected chi connectivity index (χ3v) is 4.33. The van der Waals surface area contributed by atoms with Crippen molar-refractivity contribution in [2.24, 2.45) is 16.7 Å². The first kappa shape index (κ1) is 9.23. The van der Waals surface area contributed by atoms with Gasteiger partial charge in [0.15, 0.2) is 0 Å². The maximum atomic E-state index is 11.1. The van der Waals surface area contributed by atoms with Gasteiger partial charge in [0.2, 0.25) is 0 Å². The Balaban J connectivity index is 1.96. The predicted molar refractivity (Wildman–Crippen MR) is 53.5 cm³/mol. The fraction of sp³-hybridized carbons (Fsp3) is 0.917. The lowest BCUT2D eigenvalue weighted by atomic mass is 9.86. The van der Waals surface area contributed by atoms with E-state index < -0.39 is 0 Å². The highest BCUT2D eigenvalue weighted by Crippen LogP contribution is 2.65. The van der Waals surface area contributed by atoms with E-state index in [1.807, 2.05) is 0 Å². The monoisotopic (exact) mass is 180 g/mol. The number of carbonyl (C=O) groups is 1. The van der Waals surface area contributed by atoms with E-state index in [0.717, 1.165) is 12.3 Å². The molecule has 0 saturated heterocycles. The summed E-state index contributed by atoms with van der Waals surface area (Å²) >= 11 is 0. The lowest BCUT2D eigenvalue weighted by molar-refractivity contribution is -0.113. The molecule has 1 unspecified atom stereocenters. The number of aldehydes is 1. The summed E-state index contributed by atoms with van der Waals surface area (Å²) in [6.45, 7) is 4.46. The Hall–Kier alpha value is -0.330. The van der Waals surface area contributed by atoms with Gasteiger partial charge >= 0.3 is 0 Å². The van der Waals surface area contributed by atoms with Gasteiger partial charge in [0, 0.05) is 5.41 Å². The largest absolute Gasteiger partial charge is 0.303 e. The van der Waals surface area contributed by atoms with Crippen LogP contribution in [0.4, 0.5) is 0 Å². The Labute approximate surface area is 80.9 Å². The van der Waals surface area contributed by atoms with Gasteiger partial charge in [-0.2, -0.15) is 0 Å². The van der Waals surface area contributed by atoms with Gasteiger partial charge in [0.05, 0.1) is 0 Å². The standard InChI is InChI=1S/C12H20O/c1-11(2)8-12(11,9-13)7-10-5-3-4-6-10/h9-10H,3-8H2,1-2H3. The van der Waals surface area contributed by atoms with Crippen molar-refractivity contribution in [2.75, 3.05) is 0 Å². The third-order valence-electron chi connectivity index (χ3n) is 4.33. The molecule has 2 aliphatic rings. The van der Waals surface area contributed by atoms with Gasteiger partial charge in [-0.3, -0.25) is 0 Å². The predicted octanol–water partition coefficient (Wildman–Crippen LogP) is 3.18. The van der Waals surface area contributed by atoms with E-state index >= 15 is 0 Å². The van der Waals surface area contributed by atoms with Crippen molar-refractivity contribution in [1.29, 1.82) is 0 Å². The Kier molecular flexibility index (Phi) is 2.01. The van der Waals surface area contributed by atoms with E-state index in [2.05, 4.69) is 13.8 Å². The summed E-state index contributed by atoms with van der Waals surface area (Å²) in [7, 11) is 0. The molecule has 0 aliphatic heterocycles. The first-order chi connectivity index (χ1) is 6.10. The smallest absolute Gasteiger partial charge is 0.126 e. The molecule has 13 heavy (non-hydrogen) atoms. The van der Waals surface area contributed by atoms with Crippen LogP contribution in [0.1, 0.15) is 52.4 Å². The van der Waals surface area contributed by atoms with E-state index in [-0.39, 0.29) is 5.41 Å². The highest BCUT2D eigenvalue weighted by molar-refractivity contribution is 5.66. The fourth-order valence-corrected chi connectivity index (χ4v) is 3.07. The van der Waals surface area contributed by atoms with Crippen LogP contribution in [-0.2, 0) is 4.79 Å². The molecule has 0 heterocycles. The fourth-order valence-electron chi connectivity index (χ4n) is 3.07. The van der Waals surface area contributed by atoms with Crippen molar-refractivity contribution >= 4 is 6.29 Å². The molecule has 2 rings (SSSR count). The summed E-state index contributed by atoms with van der Waals surface area (Å²) < 4.78 is 0. The van der Waals surface area contributed by atoms with Crippen LogP contribution >= 0.6 is 0 Å². The zero-order valence-corrected chi connectivity index (χ0v) is 8.81. The van der Waals surface area contributed by atoms with E-state index in [1.54, 1.807) is 0 Å². The average molecular weight is 180 g/mol. The molecule has 74 valence electrons. The Bertz CT molecular complexity index is 213. The summed E-state index contributed by atoms with van der Waals surface area (Å²) in [4.78, 5) is 11.1. The molecule has 1 heteroatoms. The summed E-state index contributed by atoms with van der Waals surface area (Å²) in [5.74, 6) is 0.854. The minimum Gasteiger partial charge on any atom is -0.303 e. The van der Waals surface area contributed by atoms with E-state index in [1.165, 1.54) is 38.4 Å². The van der Waals surface area contributed by atoms with Crippen LogP contribution in [-0.4, -0.2) is 6.29 Å². The normalized spacial score (nSPS) is 37.7. The molecule has 0 aromatic rings. The zero-order valence-electron chi connectivity index (χ0n) is 8.81. The van der Waals surface area contributed by atoms with Crippen LogP contribution in [0.5, 0.6) is 0 Å². The molecule has 0 spiro atoms. The van der Waals surface area contributed by atoms with E-state index in [4.69, 9.17) is 0 Å². The molecule has 0 bridgehead atoms. The third kappa shape index (κ3) is 1.43. The summed E-state index contributed by atoms with van der Waals surface area (Å²) in [5.41, 5.74) is 0.374. The Morgan fingerprint density at radius 2 is 1.85 bits per heavy atom. The molecular weight excluding hydrogens is 160 g/mol. The maximum Gasteiger partial charge on any atom is 0.126 e. The molecule has 2 saturated carbocycles. The lowest BCUT2D eigenvalue weighted by Gasteiger charge is -2.17. The average Bonchev–Trinajstić information content (AvgIpc) is 2.52. The van der Waals surface area contributed by atoms with Crippen molar-refractivity contribution in [3.8, 4) is 0 Å². The van der Waals surface area contributed by atoms with Crippen molar-refractivity contribution in [1.82, 2.24) is 0 Å². The van der Waals surface area contributed by atoms with E-state index in [0.29, 0.717) is 5.41 Å². The highest BCUT2D eigenvalue weighted by atomic mass is 16.1. The second kappa shape index (κ2) is 2.83. The highest BCUT2D eigenvalue weighted by Gasteiger charge is 2.61. The summed E-state index contributed by atoms with van der Waals surface area (Å²) in [5, 5.41) is 0. The van der Waals surface area contributed by atoms with Crippen LogP contribution in [0, 0.1) is 16.7 Å². The molecular formula is C12H20O. The van der Waals surface area contributed by atoms with E-state index in [9.17, 15) is 4.79 Å². The molecule has 1 atom stereocenters. The zero-order chi connectivity index (χ0) is 9.53. The first-order valence-corrected chi connectivity index (χ1v) is 5.56. The molecule has 0 amide bonds. The maximum absolute atomic E-state index is 11.1. The van der Waals surface area contributed by atoms with Gasteiger partial charge in [-0.1, -0.05) is 39.5 Å². The van der Waals surface area contributed by atoms with Crippen molar-refractivity contribution in [3.63, 3.8) is 0 Å². The second-order valence-corrected chi connectivity index (χ2v) is 5.69. The number of rotatable bonds is 3. The molecule has 2 aliphatic carbocycles. The molecule has 0 aromatic carbocycles. The van der Waals surface area contributed by atoms with Gasteiger partial charge in [-0.15, -0.1) is 0 Å². The molecule has 0 radical (unpaired) electrons. The van der Waals surface area contributed by atoms with Crippen molar-refractivity contribution in [2.45, 2.75) is 52.4 Å². The van der Waals surface area contributed by atoms with Crippen LogP contribution in [0.15, 0.2) is 0 Å². The lowest BCUT2D eigenvalue weighted by Crippen LogP contribution is -2.14. The van der Waals surface area contributed by atoms with Gasteiger partial charge in [0.1, 0.15) is 6.29 Å². The van der Waals surface area contributed by atoms with Gasteiger partial charge in [-0.05, 0) is 24.2 Å². The second-order valence-electron chi connectivity index (χ2n) is 5.69. The quantitative estimate of drug-likeness (QED) is 0.610. The number of hydrogen-bond acceptors (Lipinski definition) is 1. The van der Waals surface area contributed by atoms with Crippen molar-refractivity contribution < 1.29 is 4.79 Å². The molecule has 2 fully saturated rings. The van der Waals surface area contributed by atoms with Gasteiger partial charge < -0.3 is 4.79 Å². The minimum absolute atomic E-state index is 0.0714. The topological polar surface area (TPSA) is 17.1 Å². The molecule has 0 aromatic heterocycles. The number of hydrogen-bond donors (Lipinski definition) is 0. The summed E-state index contributed by atoms with van der Waals surface area (Å²) in [6.07, 6.45) is 9.05. The van der Waals surface area contributed by atoms with Gasteiger partial charge in [-0.25, -0.2) is 0 Å². The Morgan fingerprint density at radius 1 is 1.31 bits per heavy atom.